The van der Waals surface area contributed by atoms with Crippen LogP contribution in [0.15, 0.2) is 0 Å². The third kappa shape index (κ3) is 5.38. The highest BCUT2D eigenvalue weighted by Gasteiger charge is 2.93. The first-order valence-corrected chi connectivity index (χ1v) is 8.40. The zero-order valence-corrected chi connectivity index (χ0v) is 17.4. The van der Waals surface area contributed by atoms with E-state index in [1.54, 1.807) is 9.47 Å². The molecule has 0 spiro atoms. The molecule has 0 amide bonds. The Morgan fingerprint density at radius 2 is 0.415 bits per heavy atom. The van der Waals surface area contributed by atoms with Crippen LogP contribution in [-0.2, 0) is 9.47 Å². The first-order valence-electron chi connectivity index (χ1n) is 8.40. The van der Waals surface area contributed by atoms with Gasteiger partial charge in [0, 0.05) is 0 Å². The first-order chi connectivity index (χ1) is 17.2. The topological polar surface area (TPSA) is 18.5 Å². The minimum atomic E-state index is -8.67. The highest BCUT2D eigenvalue weighted by atomic mass is 19.4. The number of hydrogen-bond donors (Lipinski definition) is 0. The Morgan fingerprint density at radius 1 is 0.244 bits per heavy atom. The molecule has 0 aromatic heterocycles. The van der Waals surface area contributed by atoms with Crippen LogP contribution in [0.1, 0.15) is 0 Å². The minimum absolute atomic E-state index is 1.81. The van der Waals surface area contributed by atoms with Gasteiger partial charge in [-0.05, 0) is 0 Å². The van der Waals surface area contributed by atoms with Crippen LogP contribution in [0, 0.1) is 0 Å². The quantitative estimate of drug-likeness (QED) is 0.152. The summed E-state index contributed by atoms with van der Waals surface area (Å²) >= 11 is 0. The molecule has 0 fully saturated rings. The molecule has 0 saturated heterocycles. The van der Waals surface area contributed by atoms with E-state index in [-0.39, 0.29) is 0 Å². The van der Waals surface area contributed by atoms with E-state index in [0.717, 1.165) is 0 Å². The monoisotopic (exact) mass is 684 g/mol. The lowest BCUT2D eigenvalue weighted by molar-refractivity contribution is -0.490. The van der Waals surface area contributed by atoms with Crippen molar-refractivity contribution in [1.29, 1.82) is 0 Å². The molecule has 0 unspecified atom stereocenters. The lowest BCUT2D eigenvalue weighted by Crippen LogP contribution is -2.71. The molecule has 0 heterocycles. The summed E-state index contributed by atoms with van der Waals surface area (Å²) in [5.41, 5.74) is 0. The molecule has 248 valence electrons. The molecule has 0 aliphatic rings. The van der Waals surface area contributed by atoms with Crippen LogP contribution < -0.4 is 0 Å². The molecule has 0 N–H and O–H groups in total. The lowest BCUT2D eigenvalue weighted by atomic mass is 9.97. The van der Waals surface area contributed by atoms with E-state index in [1.165, 1.54) is 0 Å². The maximum Gasteiger partial charge on any atom is 0.460 e. The van der Waals surface area contributed by atoms with Gasteiger partial charge in [0.2, 0.25) is 0 Å². The Balaban J connectivity index is 6.28. The molecule has 41 heavy (non-hydrogen) atoms. The average Bonchev–Trinajstić information content (AvgIpc) is 2.70. The fourth-order valence-electron chi connectivity index (χ4n) is 1.87. The molecular formula is C13H2F26O2. The van der Waals surface area contributed by atoms with Crippen molar-refractivity contribution < 1.29 is 124 Å². The number of rotatable bonds is 12. The van der Waals surface area contributed by atoms with Gasteiger partial charge >= 0.3 is 72.0 Å². The third-order valence-corrected chi connectivity index (χ3v) is 4.29. The molecule has 0 aromatic rings. The predicted molar refractivity (Wildman–Crippen MR) is 68.6 cm³/mol. The summed E-state index contributed by atoms with van der Waals surface area (Å²) in [6, 6.07) is 0. The summed E-state index contributed by atoms with van der Waals surface area (Å²) in [5, 5.41) is 0. The summed E-state index contributed by atoms with van der Waals surface area (Å²) in [7, 11) is 0. The Labute approximate surface area is 204 Å². The van der Waals surface area contributed by atoms with Crippen LogP contribution in [0.5, 0.6) is 0 Å². The molecule has 0 atom stereocenters. The SMILES string of the molecule is FC(F)(F)C(F)(F)C(F)(F)C(F)(F)C(F)(F)C(F)(F)OCOC(F)(F)C(F)(F)C(F)(F)C(F)(F)C(F)(F)C(F)(F)F. The summed E-state index contributed by atoms with van der Waals surface area (Å²) < 4.78 is 335. The summed E-state index contributed by atoms with van der Waals surface area (Å²) in [6.45, 7) is -4.17. The maximum absolute atomic E-state index is 13.2. The van der Waals surface area contributed by atoms with Gasteiger partial charge < -0.3 is 0 Å². The van der Waals surface area contributed by atoms with E-state index < -0.39 is 78.7 Å². The van der Waals surface area contributed by atoms with E-state index in [2.05, 4.69) is 0 Å². The van der Waals surface area contributed by atoms with Gasteiger partial charge in [-0.2, -0.15) is 114 Å². The number of alkyl halides is 26. The predicted octanol–water partition coefficient (Wildman–Crippen LogP) is 8.37. The molecule has 0 bridgehead atoms. The van der Waals surface area contributed by atoms with Crippen molar-refractivity contribution >= 4 is 0 Å². The van der Waals surface area contributed by atoms with Crippen molar-refractivity contribution in [1.82, 2.24) is 0 Å². The van der Waals surface area contributed by atoms with Gasteiger partial charge in [-0.1, -0.05) is 0 Å². The molecule has 0 saturated carbocycles. The van der Waals surface area contributed by atoms with Gasteiger partial charge in [-0.15, -0.1) is 0 Å². The van der Waals surface area contributed by atoms with Crippen LogP contribution in [-0.4, -0.2) is 78.7 Å². The average molecular weight is 684 g/mol. The molecule has 0 rings (SSSR count). The largest absolute Gasteiger partial charge is 0.460 e. The van der Waals surface area contributed by atoms with E-state index in [4.69, 9.17) is 0 Å². The van der Waals surface area contributed by atoms with E-state index in [1.807, 2.05) is 0 Å². The maximum atomic E-state index is 13.2. The second kappa shape index (κ2) is 9.81. The Kier molecular flexibility index (Phi) is 9.36. The Bertz CT molecular complexity index is 849. The number of ether oxygens (including phenoxy) is 2. The second-order valence-corrected chi connectivity index (χ2v) is 7.03. The van der Waals surface area contributed by atoms with E-state index in [0.29, 0.717) is 0 Å². The van der Waals surface area contributed by atoms with Crippen molar-refractivity contribution in [3.8, 4) is 0 Å². The van der Waals surface area contributed by atoms with Crippen molar-refractivity contribution in [2.75, 3.05) is 6.79 Å². The van der Waals surface area contributed by atoms with Gasteiger partial charge in [-0.25, -0.2) is 0 Å². The fourth-order valence-corrected chi connectivity index (χ4v) is 1.87. The number of hydrogen-bond acceptors (Lipinski definition) is 2. The molecule has 0 aliphatic carbocycles. The van der Waals surface area contributed by atoms with Crippen LogP contribution in [0.3, 0.4) is 0 Å². The first kappa shape index (κ1) is 39.1. The molecular weight excluding hydrogens is 682 g/mol. The van der Waals surface area contributed by atoms with Crippen molar-refractivity contribution in [3.05, 3.63) is 0 Å². The highest BCUT2D eigenvalue weighted by molar-refractivity contribution is 5.09. The van der Waals surface area contributed by atoms with Crippen LogP contribution >= 0.6 is 0 Å². The van der Waals surface area contributed by atoms with E-state index in [9.17, 15) is 114 Å². The summed E-state index contributed by atoms with van der Waals surface area (Å²) in [4.78, 5) is 0. The minimum Gasteiger partial charge on any atom is -0.288 e. The summed E-state index contributed by atoms with van der Waals surface area (Å²) in [6.07, 6.45) is -31.6. The second-order valence-electron chi connectivity index (χ2n) is 7.03. The fraction of sp³-hybridized carbons (Fsp3) is 1.00. The normalized spacial score (nSPS) is 16.8. The van der Waals surface area contributed by atoms with Gasteiger partial charge in [0.25, 0.3) is 0 Å². The van der Waals surface area contributed by atoms with Crippen molar-refractivity contribution in [2.24, 2.45) is 0 Å². The Morgan fingerprint density at radius 3 is 0.585 bits per heavy atom. The zero-order chi connectivity index (χ0) is 34.1. The van der Waals surface area contributed by atoms with Gasteiger partial charge in [0.1, 0.15) is 0 Å². The van der Waals surface area contributed by atoms with Crippen LogP contribution in [0.25, 0.3) is 0 Å². The van der Waals surface area contributed by atoms with Gasteiger partial charge in [0.05, 0.1) is 0 Å². The number of halogens is 26. The molecule has 28 heteroatoms. The molecule has 2 nitrogen and oxygen atoms in total. The van der Waals surface area contributed by atoms with Crippen molar-refractivity contribution in [3.63, 3.8) is 0 Å². The smallest absolute Gasteiger partial charge is 0.288 e. The van der Waals surface area contributed by atoms with Crippen molar-refractivity contribution in [2.45, 2.75) is 72.0 Å². The lowest BCUT2D eigenvalue weighted by Gasteiger charge is -2.40. The molecule has 0 aliphatic heterocycles. The Hall–Kier alpha value is -1.90. The van der Waals surface area contributed by atoms with Gasteiger partial charge in [-0.3, -0.25) is 9.47 Å². The standard InChI is InChI=1S/C13H2F26O2/c14-2(15,6(22,23)10(30,31)32)4(18,19)8(26,27)12(36,37)40-1-41-13(38,39)9(28,29)5(20,21)3(16,17)7(24,25)11(33,34)35/h1H2. The van der Waals surface area contributed by atoms with Gasteiger partial charge in [0.15, 0.2) is 6.79 Å². The van der Waals surface area contributed by atoms with Crippen LogP contribution in [0.4, 0.5) is 114 Å². The zero-order valence-electron chi connectivity index (χ0n) is 17.4. The van der Waals surface area contributed by atoms with E-state index >= 15 is 0 Å². The highest BCUT2D eigenvalue weighted by Crippen LogP contribution is 2.62. The van der Waals surface area contributed by atoms with Crippen LogP contribution in [0.2, 0.25) is 0 Å². The summed E-state index contributed by atoms with van der Waals surface area (Å²) in [5.74, 6) is -68.1. The molecule has 0 aromatic carbocycles. The molecule has 0 radical (unpaired) electrons. The third-order valence-electron chi connectivity index (χ3n) is 4.29.